The summed E-state index contributed by atoms with van der Waals surface area (Å²) in [7, 11) is 0. The molecule has 4 heteroatoms. The van der Waals surface area contributed by atoms with E-state index >= 15 is 0 Å². The number of carbonyl (C=O) groups is 1. The topological polar surface area (TPSA) is 88.4 Å². The maximum Gasteiger partial charge on any atom is 0.184 e. The Labute approximate surface area is 158 Å². The Kier molecular flexibility index (Phi) is 4.64. The van der Waals surface area contributed by atoms with Crippen molar-refractivity contribution in [2.24, 2.45) is 16.7 Å². The molecule has 0 amide bonds. The van der Waals surface area contributed by atoms with Crippen LogP contribution in [-0.4, -0.2) is 5.78 Å². The molecule has 0 aliphatic heterocycles. The van der Waals surface area contributed by atoms with Crippen LogP contribution in [0, 0.1) is 50.7 Å². The first-order valence-electron chi connectivity index (χ1n) is 8.60. The van der Waals surface area contributed by atoms with E-state index in [2.05, 4.69) is 24.8 Å². The maximum absolute atomic E-state index is 13.6. The molecule has 0 radical (unpaired) electrons. The minimum absolute atomic E-state index is 0.0925. The maximum atomic E-state index is 13.6. The summed E-state index contributed by atoms with van der Waals surface area (Å²) in [6, 6.07) is 24.0. The van der Waals surface area contributed by atoms with Crippen molar-refractivity contribution < 1.29 is 4.79 Å². The molecule has 1 aliphatic carbocycles. The zero-order valence-electron chi connectivity index (χ0n) is 14.7. The molecule has 0 aromatic heterocycles. The summed E-state index contributed by atoms with van der Waals surface area (Å²) < 4.78 is 0. The van der Waals surface area contributed by atoms with Crippen LogP contribution >= 0.6 is 0 Å². The van der Waals surface area contributed by atoms with Crippen molar-refractivity contribution in [3.05, 3.63) is 84.4 Å². The second-order valence-corrected chi connectivity index (χ2v) is 6.76. The molecule has 1 aliphatic rings. The van der Waals surface area contributed by atoms with E-state index in [0.29, 0.717) is 11.1 Å². The number of allylic oxidation sites excluding steroid dienone is 1. The molecule has 0 N–H and O–H groups in total. The number of nitrogens with zero attached hydrogens (tertiary/aromatic N) is 3. The average Bonchev–Trinajstić information content (AvgIpc) is 3.05. The van der Waals surface area contributed by atoms with Gasteiger partial charge < -0.3 is 0 Å². The lowest BCUT2D eigenvalue weighted by molar-refractivity contribution is 0.0805. The zero-order chi connectivity index (χ0) is 19.5. The van der Waals surface area contributed by atoms with Gasteiger partial charge in [-0.3, -0.25) is 4.79 Å². The fraction of sp³-hybridized carbons (Fsp3) is 0.217. The van der Waals surface area contributed by atoms with Gasteiger partial charge in [-0.15, -0.1) is 6.58 Å². The molecule has 3 rings (SSSR count). The quantitative estimate of drug-likeness (QED) is 0.603. The molecule has 0 bridgehead atoms. The van der Waals surface area contributed by atoms with Gasteiger partial charge in [-0.05, 0) is 12.0 Å². The van der Waals surface area contributed by atoms with E-state index in [1.165, 1.54) is 6.08 Å². The molecular weight excluding hydrogens is 334 g/mol. The minimum atomic E-state index is -1.57. The number of nitriles is 3. The molecule has 0 heterocycles. The van der Waals surface area contributed by atoms with Crippen LogP contribution in [0.1, 0.15) is 28.3 Å². The second kappa shape index (κ2) is 6.91. The molecule has 27 heavy (non-hydrogen) atoms. The Hall–Kier alpha value is -3.68. The molecule has 130 valence electrons. The van der Waals surface area contributed by atoms with E-state index in [4.69, 9.17) is 0 Å². The van der Waals surface area contributed by atoms with Gasteiger partial charge in [0.25, 0.3) is 0 Å². The van der Waals surface area contributed by atoms with Crippen LogP contribution in [0.2, 0.25) is 0 Å². The molecule has 2 aromatic carbocycles. The summed E-state index contributed by atoms with van der Waals surface area (Å²) in [5.74, 6) is -1.86. The summed E-state index contributed by atoms with van der Waals surface area (Å²) in [5, 5.41) is 30.1. The average molecular weight is 351 g/mol. The highest BCUT2D eigenvalue weighted by Gasteiger charge is 2.67. The smallest absolute Gasteiger partial charge is 0.184 e. The third-order valence-electron chi connectivity index (χ3n) is 5.49. The molecule has 0 saturated heterocycles. The Morgan fingerprint density at radius 1 is 0.963 bits per heavy atom. The summed E-state index contributed by atoms with van der Waals surface area (Å²) in [6.07, 6.45) is 1.63. The van der Waals surface area contributed by atoms with Gasteiger partial charge in [0, 0.05) is 17.4 Å². The van der Waals surface area contributed by atoms with Crippen LogP contribution in [0.4, 0.5) is 0 Å². The SMILES string of the molecule is C=C[C@H]1CC(C#N)(C#N)[C@@H](c2ccccc2)[C@]1(C#N)C(=O)c1ccccc1. The van der Waals surface area contributed by atoms with E-state index in [0.717, 1.165) is 0 Å². The summed E-state index contributed by atoms with van der Waals surface area (Å²) >= 11 is 0. The fourth-order valence-corrected chi connectivity index (χ4v) is 4.26. The van der Waals surface area contributed by atoms with E-state index < -0.39 is 22.7 Å². The second-order valence-electron chi connectivity index (χ2n) is 6.76. The largest absolute Gasteiger partial charge is 0.292 e. The molecule has 4 nitrogen and oxygen atoms in total. The minimum Gasteiger partial charge on any atom is -0.292 e. The van der Waals surface area contributed by atoms with Crippen molar-refractivity contribution in [2.45, 2.75) is 12.3 Å². The first kappa shape index (κ1) is 18.1. The Morgan fingerprint density at radius 2 is 1.52 bits per heavy atom. The van der Waals surface area contributed by atoms with Crippen molar-refractivity contribution in [1.82, 2.24) is 0 Å². The number of ketones is 1. The molecule has 1 saturated carbocycles. The van der Waals surface area contributed by atoms with E-state index in [9.17, 15) is 20.6 Å². The number of carbonyl (C=O) groups excluding carboxylic acids is 1. The first-order valence-corrected chi connectivity index (χ1v) is 8.60. The first-order chi connectivity index (χ1) is 13.1. The lowest BCUT2D eigenvalue weighted by Gasteiger charge is -2.33. The van der Waals surface area contributed by atoms with E-state index in [-0.39, 0.29) is 12.2 Å². The van der Waals surface area contributed by atoms with Crippen LogP contribution < -0.4 is 0 Å². The van der Waals surface area contributed by atoms with Crippen LogP contribution in [-0.2, 0) is 0 Å². The van der Waals surface area contributed by atoms with Crippen molar-refractivity contribution >= 4 is 5.78 Å². The van der Waals surface area contributed by atoms with Gasteiger partial charge in [-0.1, -0.05) is 66.7 Å². The van der Waals surface area contributed by atoms with Crippen molar-refractivity contribution in [1.29, 1.82) is 15.8 Å². The molecular formula is C23H17N3O. The summed E-state index contributed by atoms with van der Waals surface area (Å²) in [4.78, 5) is 13.6. The van der Waals surface area contributed by atoms with Crippen molar-refractivity contribution in [2.75, 3.05) is 0 Å². The number of hydrogen-bond donors (Lipinski definition) is 0. The number of rotatable bonds is 4. The Balaban J connectivity index is 2.33. The molecule has 0 unspecified atom stereocenters. The van der Waals surface area contributed by atoms with Crippen molar-refractivity contribution in [3.63, 3.8) is 0 Å². The number of benzene rings is 2. The highest BCUT2D eigenvalue weighted by Crippen LogP contribution is 2.63. The van der Waals surface area contributed by atoms with Gasteiger partial charge in [0.15, 0.2) is 11.2 Å². The van der Waals surface area contributed by atoms with Gasteiger partial charge in [-0.2, -0.15) is 15.8 Å². The fourth-order valence-electron chi connectivity index (χ4n) is 4.26. The lowest BCUT2D eigenvalue weighted by atomic mass is 9.62. The monoisotopic (exact) mass is 351 g/mol. The summed E-state index contributed by atoms with van der Waals surface area (Å²) in [5.41, 5.74) is -2.04. The van der Waals surface area contributed by atoms with Crippen LogP contribution in [0.5, 0.6) is 0 Å². The van der Waals surface area contributed by atoms with Crippen LogP contribution in [0.15, 0.2) is 73.3 Å². The third-order valence-corrected chi connectivity index (χ3v) is 5.49. The van der Waals surface area contributed by atoms with Crippen molar-refractivity contribution in [3.8, 4) is 18.2 Å². The van der Waals surface area contributed by atoms with Gasteiger partial charge in [-0.25, -0.2) is 0 Å². The summed E-state index contributed by atoms with van der Waals surface area (Å²) in [6.45, 7) is 3.80. The Bertz CT molecular complexity index is 978. The predicted octanol–water partition coefficient (Wildman–Crippen LogP) is 4.40. The molecule has 0 spiro atoms. The standard InChI is InChI=1S/C23H17N3O/c1-2-19-13-22(14-24,15-25)20(17-9-5-3-6-10-17)23(19,16-26)21(27)18-11-7-4-8-12-18/h2-12,19-20H,1,13H2/t19-,20+,23+/m0/s1. The third kappa shape index (κ3) is 2.53. The normalized spacial score (nSPS) is 25.5. The number of Topliss-reactive ketones (excluding diaryl/α,β-unsaturated/α-hetero) is 1. The van der Waals surface area contributed by atoms with Gasteiger partial charge in [0.1, 0.15) is 5.41 Å². The van der Waals surface area contributed by atoms with Crippen LogP contribution in [0.25, 0.3) is 0 Å². The highest BCUT2D eigenvalue weighted by atomic mass is 16.1. The van der Waals surface area contributed by atoms with E-state index in [1.54, 1.807) is 54.6 Å². The molecule has 3 atom stereocenters. The highest BCUT2D eigenvalue weighted by molar-refractivity contribution is 6.04. The van der Waals surface area contributed by atoms with Crippen LogP contribution in [0.3, 0.4) is 0 Å². The Morgan fingerprint density at radius 3 is 2.00 bits per heavy atom. The van der Waals surface area contributed by atoms with Gasteiger partial charge in [0.2, 0.25) is 0 Å². The zero-order valence-corrected chi connectivity index (χ0v) is 14.7. The van der Waals surface area contributed by atoms with E-state index in [1.807, 2.05) is 6.07 Å². The van der Waals surface area contributed by atoms with Gasteiger partial charge >= 0.3 is 0 Å². The van der Waals surface area contributed by atoms with Gasteiger partial charge in [0.05, 0.1) is 18.2 Å². The predicted molar refractivity (Wildman–Crippen MR) is 100.0 cm³/mol. The molecule has 2 aromatic rings. The number of hydrogen-bond acceptors (Lipinski definition) is 4. The molecule has 1 fully saturated rings. The lowest BCUT2D eigenvalue weighted by Crippen LogP contribution is -2.40.